The van der Waals surface area contributed by atoms with Crippen molar-refractivity contribution in [1.82, 2.24) is 14.7 Å². The highest BCUT2D eigenvalue weighted by Gasteiger charge is 2.18. The summed E-state index contributed by atoms with van der Waals surface area (Å²) in [5.41, 5.74) is 5.10. The van der Waals surface area contributed by atoms with E-state index < -0.39 is 0 Å². The topological polar surface area (TPSA) is 58.9 Å². The van der Waals surface area contributed by atoms with Crippen LogP contribution in [-0.2, 0) is 13.0 Å². The van der Waals surface area contributed by atoms with Gasteiger partial charge in [0.15, 0.2) is 0 Å². The van der Waals surface area contributed by atoms with E-state index in [1.807, 2.05) is 62.5 Å². The number of fused-ring (bicyclic) bond motifs is 1. The number of hydrogen-bond acceptors (Lipinski definition) is 4. The Morgan fingerprint density at radius 3 is 2.38 bits per heavy atom. The molecule has 0 radical (unpaired) electrons. The van der Waals surface area contributed by atoms with Crippen LogP contribution < -0.4 is 15.0 Å². The Kier molecular flexibility index (Phi) is 6.32. The molecule has 1 amide bonds. The van der Waals surface area contributed by atoms with Crippen LogP contribution in [0.5, 0.6) is 5.75 Å². The van der Waals surface area contributed by atoms with E-state index in [0.29, 0.717) is 29.3 Å². The second-order valence-electron chi connectivity index (χ2n) is 7.44. The van der Waals surface area contributed by atoms with Gasteiger partial charge in [-0.15, -0.1) is 0 Å². The molecule has 0 saturated carbocycles. The number of pyridine rings is 1. The molecule has 0 fully saturated rings. The van der Waals surface area contributed by atoms with Gasteiger partial charge in [0, 0.05) is 42.3 Å². The van der Waals surface area contributed by atoms with Crippen LogP contribution in [-0.4, -0.2) is 29.4 Å². The smallest absolute Gasteiger partial charge is 0.270 e. The number of anilines is 2. The minimum atomic E-state index is -0.156. The lowest BCUT2D eigenvalue weighted by Crippen LogP contribution is -2.25. The molecular formula is C25H25ClN4O2. The van der Waals surface area contributed by atoms with Gasteiger partial charge in [-0.3, -0.25) is 9.20 Å². The van der Waals surface area contributed by atoms with Gasteiger partial charge < -0.3 is 15.0 Å². The van der Waals surface area contributed by atoms with E-state index in [4.69, 9.17) is 16.3 Å². The van der Waals surface area contributed by atoms with E-state index in [-0.39, 0.29) is 5.91 Å². The number of amides is 1. The number of halogens is 1. The van der Waals surface area contributed by atoms with Gasteiger partial charge in [0.2, 0.25) is 0 Å². The molecule has 6 nitrogen and oxygen atoms in total. The van der Waals surface area contributed by atoms with Crippen molar-refractivity contribution < 1.29 is 9.53 Å². The van der Waals surface area contributed by atoms with Crippen molar-refractivity contribution >= 4 is 34.5 Å². The van der Waals surface area contributed by atoms with E-state index in [1.165, 1.54) is 0 Å². The third-order valence-electron chi connectivity index (χ3n) is 5.45. The number of carbonyl (C=O) groups is 1. The SMILES string of the molecule is CCc1nc2cc(Cl)ccn2c1C(=O)NCc1ccc(N(C)c2ccc(OC)cc2)cc1. The monoisotopic (exact) mass is 448 g/mol. The average Bonchev–Trinajstić information content (AvgIpc) is 3.20. The summed E-state index contributed by atoms with van der Waals surface area (Å²) >= 11 is 6.07. The highest BCUT2D eigenvalue weighted by molar-refractivity contribution is 6.30. The number of benzene rings is 2. The summed E-state index contributed by atoms with van der Waals surface area (Å²) in [5.74, 6) is 0.671. The summed E-state index contributed by atoms with van der Waals surface area (Å²) in [6, 6.07) is 19.5. The Morgan fingerprint density at radius 2 is 1.75 bits per heavy atom. The van der Waals surface area contributed by atoms with Gasteiger partial charge in [0.05, 0.1) is 12.8 Å². The molecule has 0 bridgehead atoms. The second kappa shape index (κ2) is 9.32. The van der Waals surface area contributed by atoms with Crippen LogP contribution in [0.25, 0.3) is 5.65 Å². The van der Waals surface area contributed by atoms with Crippen LogP contribution in [0.15, 0.2) is 66.9 Å². The molecule has 2 aromatic heterocycles. The number of aromatic nitrogens is 2. The number of hydrogen-bond donors (Lipinski definition) is 1. The third-order valence-corrected chi connectivity index (χ3v) is 5.68. The Morgan fingerprint density at radius 1 is 1.09 bits per heavy atom. The molecule has 0 atom stereocenters. The van der Waals surface area contributed by atoms with Crippen LogP contribution in [0, 0.1) is 0 Å². The number of methoxy groups -OCH3 is 1. The van der Waals surface area contributed by atoms with E-state index in [0.717, 1.165) is 28.4 Å². The summed E-state index contributed by atoms with van der Waals surface area (Å²) in [6.07, 6.45) is 2.44. The third kappa shape index (κ3) is 4.41. The zero-order valence-electron chi connectivity index (χ0n) is 18.3. The molecule has 0 unspecified atom stereocenters. The minimum absolute atomic E-state index is 0.156. The average molecular weight is 449 g/mol. The largest absolute Gasteiger partial charge is 0.497 e. The van der Waals surface area contributed by atoms with Gasteiger partial charge in [-0.25, -0.2) is 4.98 Å². The van der Waals surface area contributed by atoms with Gasteiger partial charge in [-0.05, 0) is 54.4 Å². The lowest BCUT2D eigenvalue weighted by Gasteiger charge is -2.20. The van der Waals surface area contributed by atoms with Crippen molar-refractivity contribution in [2.45, 2.75) is 19.9 Å². The molecule has 32 heavy (non-hydrogen) atoms. The zero-order chi connectivity index (χ0) is 22.7. The van der Waals surface area contributed by atoms with Crippen molar-refractivity contribution in [3.8, 4) is 5.75 Å². The molecule has 2 heterocycles. The van der Waals surface area contributed by atoms with Gasteiger partial charge in [-0.1, -0.05) is 30.7 Å². The van der Waals surface area contributed by atoms with Crippen molar-refractivity contribution in [2.75, 3.05) is 19.1 Å². The quantitative estimate of drug-likeness (QED) is 0.419. The van der Waals surface area contributed by atoms with E-state index in [1.54, 1.807) is 29.8 Å². The summed E-state index contributed by atoms with van der Waals surface area (Å²) in [6.45, 7) is 2.41. The molecule has 4 aromatic rings. The predicted molar refractivity (Wildman–Crippen MR) is 128 cm³/mol. The molecule has 0 aliphatic heterocycles. The summed E-state index contributed by atoms with van der Waals surface area (Å²) < 4.78 is 7.01. The fraction of sp³-hybridized carbons (Fsp3) is 0.200. The minimum Gasteiger partial charge on any atom is -0.497 e. The molecule has 4 rings (SSSR count). The highest BCUT2D eigenvalue weighted by atomic mass is 35.5. The maximum atomic E-state index is 12.9. The molecular weight excluding hydrogens is 424 g/mol. The molecule has 0 aliphatic rings. The first-order valence-electron chi connectivity index (χ1n) is 10.4. The van der Waals surface area contributed by atoms with Crippen LogP contribution in [0.2, 0.25) is 5.02 Å². The Labute approximate surface area is 192 Å². The van der Waals surface area contributed by atoms with Crippen molar-refractivity contribution in [2.24, 2.45) is 0 Å². The maximum absolute atomic E-state index is 12.9. The van der Waals surface area contributed by atoms with Gasteiger partial charge >= 0.3 is 0 Å². The van der Waals surface area contributed by atoms with Crippen LogP contribution in [0.4, 0.5) is 11.4 Å². The predicted octanol–water partition coefficient (Wildman–Crippen LogP) is 5.26. The normalized spacial score (nSPS) is 10.9. The Balaban J connectivity index is 1.45. The van der Waals surface area contributed by atoms with Crippen molar-refractivity contribution in [1.29, 1.82) is 0 Å². The van der Waals surface area contributed by atoms with E-state index >= 15 is 0 Å². The first-order chi connectivity index (χ1) is 15.5. The van der Waals surface area contributed by atoms with Crippen LogP contribution in [0.1, 0.15) is 28.7 Å². The van der Waals surface area contributed by atoms with E-state index in [2.05, 4.69) is 15.2 Å². The maximum Gasteiger partial charge on any atom is 0.270 e. The Bertz CT molecular complexity index is 1230. The highest BCUT2D eigenvalue weighted by Crippen LogP contribution is 2.26. The number of ether oxygens (including phenoxy) is 1. The van der Waals surface area contributed by atoms with Crippen molar-refractivity contribution in [3.63, 3.8) is 0 Å². The molecule has 2 aromatic carbocycles. The summed E-state index contributed by atoms with van der Waals surface area (Å²) in [5, 5.41) is 3.61. The van der Waals surface area contributed by atoms with Gasteiger partial charge in [-0.2, -0.15) is 0 Å². The Hall–Kier alpha value is -3.51. The molecule has 164 valence electrons. The molecule has 0 saturated heterocycles. The first kappa shape index (κ1) is 21.7. The van der Waals surface area contributed by atoms with Gasteiger partial charge in [0.1, 0.15) is 17.1 Å². The zero-order valence-corrected chi connectivity index (χ0v) is 19.1. The molecule has 7 heteroatoms. The number of aryl methyl sites for hydroxylation is 1. The number of nitrogens with zero attached hydrogens (tertiary/aromatic N) is 3. The lowest BCUT2D eigenvalue weighted by molar-refractivity contribution is 0.0944. The van der Waals surface area contributed by atoms with Crippen LogP contribution >= 0.6 is 11.6 Å². The molecule has 1 N–H and O–H groups in total. The summed E-state index contributed by atoms with van der Waals surface area (Å²) in [7, 11) is 3.67. The van der Waals surface area contributed by atoms with E-state index in [9.17, 15) is 4.79 Å². The number of rotatable bonds is 7. The molecule has 0 spiro atoms. The second-order valence-corrected chi connectivity index (χ2v) is 7.88. The van der Waals surface area contributed by atoms with Gasteiger partial charge in [0.25, 0.3) is 5.91 Å². The first-order valence-corrected chi connectivity index (χ1v) is 10.8. The number of carbonyl (C=O) groups excluding carboxylic acids is 1. The fourth-order valence-corrected chi connectivity index (χ4v) is 3.77. The summed E-state index contributed by atoms with van der Waals surface area (Å²) in [4.78, 5) is 19.6. The fourth-order valence-electron chi connectivity index (χ4n) is 3.61. The standard InChI is InChI=1S/C25H25ClN4O2/c1-4-22-24(30-14-13-18(26)15-23(30)28-22)25(31)27-16-17-5-7-19(8-6-17)29(2)20-9-11-21(32-3)12-10-20/h5-15H,4,16H2,1-3H3,(H,27,31). The molecule has 0 aliphatic carbocycles. The van der Waals surface area contributed by atoms with Crippen LogP contribution in [0.3, 0.4) is 0 Å². The lowest BCUT2D eigenvalue weighted by atomic mass is 10.1. The van der Waals surface area contributed by atoms with Crippen molar-refractivity contribution in [3.05, 3.63) is 88.8 Å². The number of nitrogens with one attached hydrogen (secondary N) is 1. The number of imidazole rings is 1.